The number of anilines is 1. The Labute approximate surface area is 218 Å². The van der Waals surface area contributed by atoms with E-state index in [9.17, 15) is 4.79 Å². The summed E-state index contributed by atoms with van der Waals surface area (Å²) in [4.78, 5) is 21.1. The first-order valence-corrected chi connectivity index (χ1v) is 16.2. The number of fused-ring (bicyclic) bond motifs is 1. The topological polar surface area (TPSA) is 110 Å². The van der Waals surface area contributed by atoms with Crippen LogP contribution in [0.15, 0.2) is 24.4 Å². The molecule has 1 atom stereocenters. The summed E-state index contributed by atoms with van der Waals surface area (Å²) in [5.41, 5.74) is 3.25. The Bertz CT molecular complexity index is 1250. The molecular formula is C26H37N5O5Si. The van der Waals surface area contributed by atoms with Crippen LogP contribution in [0.3, 0.4) is 0 Å². The van der Waals surface area contributed by atoms with Crippen molar-refractivity contribution in [3.05, 3.63) is 35.7 Å². The Morgan fingerprint density at radius 2 is 2.05 bits per heavy atom. The van der Waals surface area contributed by atoms with Gasteiger partial charge in [0.15, 0.2) is 0 Å². The van der Waals surface area contributed by atoms with Crippen molar-refractivity contribution in [3.8, 4) is 11.4 Å². The standard InChI is InChI=1S/C26H37N5O5Si/c1-18(32)28-24-13-20-22(14-27-24)31(17-36-9-10-37(4,5)6)30-25(20)21-11-19(15-33-2)12-23(29-21)26(34-3)7-8-35-16-26/h11-14H,7-10,15-17H2,1-6H3,(H,27,28,32)/t26-/m0/s1. The molecule has 4 heterocycles. The Kier molecular flexibility index (Phi) is 8.39. The molecule has 1 fully saturated rings. The number of amides is 1. The zero-order valence-electron chi connectivity index (χ0n) is 22.6. The van der Waals surface area contributed by atoms with Crippen molar-refractivity contribution < 1.29 is 23.7 Å². The summed E-state index contributed by atoms with van der Waals surface area (Å²) in [6.07, 6.45) is 2.42. The second-order valence-corrected chi connectivity index (χ2v) is 16.3. The van der Waals surface area contributed by atoms with Crippen molar-refractivity contribution in [2.75, 3.05) is 39.4 Å². The molecular weight excluding hydrogens is 490 g/mol. The molecule has 1 amide bonds. The first-order chi connectivity index (χ1) is 17.6. The Morgan fingerprint density at radius 1 is 1.24 bits per heavy atom. The summed E-state index contributed by atoms with van der Waals surface area (Å²) in [7, 11) is 2.14. The fourth-order valence-electron chi connectivity index (χ4n) is 4.34. The third-order valence-corrected chi connectivity index (χ3v) is 8.14. The van der Waals surface area contributed by atoms with E-state index in [0.29, 0.717) is 56.8 Å². The SMILES string of the molecule is COCc1cc(-c2nn(COCC[Si](C)(C)C)c3cnc(NC(C)=O)cc23)nc([C@]2(OC)CCOC2)c1. The predicted molar refractivity (Wildman–Crippen MR) is 144 cm³/mol. The molecule has 37 heavy (non-hydrogen) atoms. The van der Waals surface area contributed by atoms with Crippen LogP contribution >= 0.6 is 0 Å². The molecule has 1 aliphatic rings. The molecule has 10 nitrogen and oxygen atoms in total. The second-order valence-electron chi connectivity index (χ2n) is 10.6. The Balaban J connectivity index is 1.80. The van der Waals surface area contributed by atoms with Crippen LogP contribution in [-0.4, -0.2) is 67.8 Å². The number of rotatable bonds is 11. The lowest BCUT2D eigenvalue weighted by molar-refractivity contribution is -0.114. The lowest BCUT2D eigenvalue weighted by Gasteiger charge is -2.26. The summed E-state index contributed by atoms with van der Waals surface area (Å²) in [5, 5.41) is 8.49. The maximum atomic E-state index is 11.7. The number of hydrogen-bond donors (Lipinski definition) is 1. The molecule has 1 saturated heterocycles. The van der Waals surface area contributed by atoms with Crippen LogP contribution in [-0.2, 0) is 42.7 Å². The Hall–Kier alpha value is -2.70. The van der Waals surface area contributed by atoms with Crippen LogP contribution in [0, 0.1) is 0 Å². The molecule has 0 unspecified atom stereocenters. The smallest absolute Gasteiger partial charge is 0.222 e. The molecule has 3 aromatic rings. The van der Waals surface area contributed by atoms with E-state index in [2.05, 4.69) is 29.9 Å². The van der Waals surface area contributed by atoms with Crippen LogP contribution in [0.1, 0.15) is 24.6 Å². The van der Waals surface area contributed by atoms with Crippen molar-refractivity contribution in [2.24, 2.45) is 0 Å². The summed E-state index contributed by atoms with van der Waals surface area (Å²) >= 11 is 0. The van der Waals surface area contributed by atoms with Gasteiger partial charge in [0.2, 0.25) is 5.91 Å². The zero-order valence-corrected chi connectivity index (χ0v) is 23.6. The monoisotopic (exact) mass is 527 g/mol. The van der Waals surface area contributed by atoms with Gasteiger partial charge in [0.25, 0.3) is 0 Å². The van der Waals surface area contributed by atoms with Crippen molar-refractivity contribution in [3.63, 3.8) is 0 Å². The highest BCUT2D eigenvalue weighted by Gasteiger charge is 2.39. The zero-order chi connectivity index (χ0) is 26.6. The molecule has 0 aliphatic carbocycles. The van der Waals surface area contributed by atoms with Gasteiger partial charge in [-0.25, -0.2) is 14.6 Å². The number of methoxy groups -OCH3 is 2. The van der Waals surface area contributed by atoms with Crippen molar-refractivity contribution in [1.82, 2.24) is 19.7 Å². The third kappa shape index (κ3) is 6.42. The van der Waals surface area contributed by atoms with E-state index in [1.807, 2.05) is 18.2 Å². The number of hydrogen-bond acceptors (Lipinski definition) is 8. The van der Waals surface area contributed by atoms with Gasteiger partial charge in [0.1, 0.15) is 23.8 Å². The number of carbonyl (C=O) groups excluding carboxylic acids is 1. The van der Waals surface area contributed by atoms with Gasteiger partial charge in [-0.3, -0.25) is 4.79 Å². The van der Waals surface area contributed by atoms with E-state index < -0.39 is 13.7 Å². The molecule has 3 aromatic heterocycles. The average molecular weight is 528 g/mol. The number of carbonyl (C=O) groups is 1. The summed E-state index contributed by atoms with van der Waals surface area (Å²) in [6, 6.07) is 6.87. The van der Waals surface area contributed by atoms with Gasteiger partial charge < -0.3 is 24.3 Å². The van der Waals surface area contributed by atoms with Crippen LogP contribution < -0.4 is 5.32 Å². The van der Waals surface area contributed by atoms with Crippen LogP contribution in [0.25, 0.3) is 22.3 Å². The summed E-state index contributed by atoms with van der Waals surface area (Å²) < 4.78 is 24.9. The second kappa shape index (κ2) is 11.4. The van der Waals surface area contributed by atoms with Gasteiger partial charge in [0, 0.05) is 54.2 Å². The van der Waals surface area contributed by atoms with E-state index in [0.717, 1.165) is 28.2 Å². The fraction of sp³-hybridized carbons (Fsp3) is 0.538. The van der Waals surface area contributed by atoms with E-state index in [4.69, 9.17) is 29.0 Å². The first-order valence-electron chi connectivity index (χ1n) is 12.5. The number of aromatic nitrogens is 4. The van der Waals surface area contributed by atoms with Gasteiger partial charge in [-0.1, -0.05) is 19.6 Å². The third-order valence-electron chi connectivity index (χ3n) is 6.43. The number of nitrogens with zero attached hydrogens (tertiary/aromatic N) is 4. The van der Waals surface area contributed by atoms with E-state index in [1.165, 1.54) is 6.92 Å². The molecule has 0 saturated carbocycles. The highest BCUT2D eigenvalue weighted by molar-refractivity contribution is 6.76. The number of pyridine rings is 2. The predicted octanol–water partition coefficient (Wildman–Crippen LogP) is 4.17. The number of ether oxygens (including phenoxy) is 4. The highest BCUT2D eigenvalue weighted by Crippen LogP contribution is 2.36. The summed E-state index contributed by atoms with van der Waals surface area (Å²) in [6.45, 7) is 10.9. The largest absolute Gasteiger partial charge is 0.380 e. The van der Waals surface area contributed by atoms with Crippen LogP contribution in [0.4, 0.5) is 5.82 Å². The normalized spacial score (nSPS) is 18.0. The average Bonchev–Trinajstić information content (AvgIpc) is 3.47. The maximum Gasteiger partial charge on any atom is 0.222 e. The summed E-state index contributed by atoms with van der Waals surface area (Å²) in [5.74, 6) is 0.257. The molecule has 11 heteroatoms. The quantitative estimate of drug-likeness (QED) is 0.292. The van der Waals surface area contributed by atoms with Gasteiger partial charge in [0.05, 0.1) is 36.3 Å². The van der Waals surface area contributed by atoms with Gasteiger partial charge in [-0.05, 0) is 29.8 Å². The molecule has 0 spiro atoms. The lowest BCUT2D eigenvalue weighted by atomic mass is 9.95. The van der Waals surface area contributed by atoms with Gasteiger partial charge in [-0.2, -0.15) is 5.10 Å². The molecule has 1 aliphatic heterocycles. The van der Waals surface area contributed by atoms with E-state index >= 15 is 0 Å². The molecule has 0 radical (unpaired) electrons. The van der Waals surface area contributed by atoms with E-state index in [-0.39, 0.29) is 5.91 Å². The van der Waals surface area contributed by atoms with Crippen LogP contribution in [0.5, 0.6) is 0 Å². The fourth-order valence-corrected chi connectivity index (χ4v) is 5.10. The maximum absolute atomic E-state index is 11.7. The molecule has 200 valence electrons. The molecule has 1 N–H and O–H groups in total. The Morgan fingerprint density at radius 3 is 2.70 bits per heavy atom. The van der Waals surface area contributed by atoms with Crippen molar-refractivity contribution in [2.45, 2.75) is 58.0 Å². The van der Waals surface area contributed by atoms with Gasteiger partial charge in [-0.15, -0.1) is 0 Å². The molecule has 0 bridgehead atoms. The minimum absolute atomic E-state index is 0.193. The van der Waals surface area contributed by atoms with E-state index in [1.54, 1.807) is 25.1 Å². The highest BCUT2D eigenvalue weighted by atomic mass is 28.3. The van der Waals surface area contributed by atoms with Crippen molar-refractivity contribution in [1.29, 1.82) is 0 Å². The first kappa shape index (κ1) is 27.3. The minimum Gasteiger partial charge on any atom is -0.380 e. The van der Waals surface area contributed by atoms with Gasteiger partial charge >= 0.3 is 0 Å². The molecule has 4 rings (SSSR count). The lowest BCUT2D eigenvalue weighted by Crippen LogP contribution is -2.30. The molecule has 0 aromatic carbocycles. The number of nitrogens with one attached hydrogen (secondary N) is 1. The van der Waals surface area contributed by atoms with Crippen LogP contribution in [0.2, 0.25) is 25.7 Å². The van der Waals surface area contributed by atoms with Crippen molar-refractivity contribution >= 4 is 30.7 Å². The minimum atomic E-state index is -1.22.